The molecule has 0 atom stereocenters. The third kappa shape index (κ3) is 5.59. The summed E-state index contributed by atoms with van der Waals surface area (Å²) in [5.41, 5.74) is 18.5. The molecule has 3 rings (SSSR count). The molecular formula is C26H29N5S. The van der Waals surface area contributed by atoms with Gasteiger partial charge >= 0.3 is 0 Å². The SMILES string of the molecule is C=N/C(=C\C=C/C)CN/C(=C\CC)c1ccc2c(c1)N=C(c1ccccc1)C(N)=C(N)S2. The predicted molar refractivity (Wildman–Crippen MR) is 139 cm³/mol. The van der Waals surface area contributed by atoms with Crippen LogP contribution in [0.2, 0.25) is 0 Å². The van der Waals surface area contributed by atoms with Gasteiger partial charge in [-0.25, -0.2) is 4.99 Å². The van der Waals surface area contributed by atoms with Crippen LogP contribution < -0.4 is 16.8 Å². The van der Waals surface area contributed by atoms with Gasteiger partial charge in [-0.1, -0.05) is 73.3 Å². The highest BCUT2D eigenvalue weighted by molar-refractivity contribution is 8.03. The monoisotopic (exact) mass is 443 g/mol. The number of hydrogen-bond donors (Lipinski definition) is 3. The Labute approximate surface area is 194 Å². The van der Waals surface area contributed by atoms with Gasteiger partial charge in [-0.15, -0.1) is 0 Å². The maximum absolute atomic E-state index is 6.37. The van der Waals surface area contributed by atoms with Crippen molar-refractivity contribution >= 4 is 35.6 Å². The molecule has 164 valence electrons. The molecule has 0 amide bonds. The highest BCUT2D eigenvalue weighted by Gasteiger charge is 2.19. The topological polar surface area (TPSA) is 88.8 Å². The molecule has 1 aliphatic rings. The lowest BCUT2D eigenvalue weighted by Crippen LogP contribution is -2.17. The van der Waals surface area contributed by atoms with E-state index in [2.05, 4.69) is 42.2 Å². The maximum atomic E-state index is 6.37. The van der Waals surface area contributed by atoms with E-state index in [1.165, 1.54) is 11.8 Å². The van der Waals surface area contributed by atoms with E-state index < -0.39 is 0 Å². The normalized spacial score (nSPS) is 14.8. The molecule has 0 fully saturated rings. The second kappa shape index (κ2) is 11.2. The number of rotatable bonds is 8. The fraction of sp³-hybridized carbons (Fsp3) is 0.154. The van der Waals surface area contributed by atoms with Gasteiger partial charge in [0, 0.05) is 16.2 Å². The number of thioether (sulfide) groups is 1. The second-order valence-corrected chi connectivity index (χ2v) is 8.19. The van der Waals surface area contributed by atoms with Crippen molar-refractivity contribution in [3.8, 4) is 0 Å². The van der Waals surface area contributed by atoms with Gasteiger partial charge in [0.1, 0.15) is 0 Å². The molecule has 5 N–H and O–H groups in total. The van der Waals surface area contributed by atoms with E-state index in [-0.39, 0.29) is 0 Å². The van der Waals surface area contributed by atoms with Gasteiger partial charge in [0.05, 0.1) is 34.4 Å². The van der Waals surface area contributed by atoms with E-state index in [1.807, 2.05) is 61.5 Å². The quantitative estimate of drug-likeness (QED) is 0.371. The molecule has 0 saturated carbocycles. The lowest BCUT2D eigenvalue weighted by Gasteiger charge is -2.14. The summed E-state index contributed by atoms with van der Waals surface area (Å²) >= 11 is 1.44. The molecule has 0 aliphatic carbocycles. The van der Waals surface area contributed by atoms with E-state index in [9.17, 15) is 0 Å². The standard InChI is InChI=1S/C26H29N5S/c1-4-6-13-20(29-3)17-30-21(10-5-2)19-14-15-23-22(16-19)31-25(24(27)26(28)32-23)18-11-8-7-9-12-18/h4,6-16,30H,3,5,17,27-28H2,1-2H3/b6-4-,20-13-,21-10-. The smallest absolute Gasteiger partial charge is 0.0965 e. The number of nitrogens with zero attached hydrogens (tertiary/aromatic N) is 2. The lowest BCUT2D eigenvalue weighted by molar-refractivity contribution is 0.938. The Morgan fingerprint density at radius 1 is 1.19 bits per heavy atom. The highest BCUT2D eigenvalue weighted by Crippen LogP contribution is 2.38. The molecule has 2 aromatic rings. The van der Waals surface area contributed by atoms with Gasteiger partial charge in [-0.3, -0.25) is 4.99 Å². The molecular weight excluding hydrogens is 414 g/mol. The van der Waals surface area contributed by atoms with Crippen molar-refractivity contribution in [2.45, 2.75) is 25.2 Å². The maximum Gasteiger partial charge on any atom is 0.0965 e. The van der Waals surface area contributed by atoms with Crippen LogP contribution in [0.1, 0.15) is 31.4 Å². The first-order valence-corrected chi connectivity index (χ1v) is 11.3. The molecule has 6 heteroatoms. The lowest BCUT2D eigenvalue weighted by atomic mass is 10.1. The van der Waals surface area contributed by atoms with Crippen LogP contribution >= 0.6 is 11.8 Å². The number of fused-ring (bicyclic) bond motifs is 1. The van der Waals surface area contributed by atoms with Crippen molar-refractivity contribution in [2.24, 2.45) is 21.5 Å². The Balaban J connectivity index is 1.98. The fourth-order valence-electron chi connectivity index (χ4n) is 3.20. The number of hydrogen-bond acceptors (Lipinski definition) is 6. The van der Waals surface area contributed by atoms with Crippen LogP contribution in [0.3, 0.4) is 0 Å². The third-order valence-electron chi connectivity index (χ3n) is 4.84. The third-order valence-corrected chi connectivity index (χ3v) is 5.85. The van der Waals surface area contributed by atoms with Gasteiger partial charge in [-0.05, 0) is 43.8 Å². The molecule has 0 radical (unpaired) electrons. The van der Waals surface area contributed by atoms with Crippen LogP contribution in [0.25, 0.3) is 5.70 Å². The van der Waals surface area contributed by atoms with E-state index in [0.717, 1.165) is 39.5 Å². The zero-order valence-electron chi connectivity index (χ0n) is 18.5. The summed E-state index contributed by atoms with van der Waals surface area (Å²) < 4.78 is 0. The van der Waals surface area contributed by atoms with Crippen LogP contribution in [-0.2, 0) is 0 Å². The molecule has 2 aromatic carbocycles. The number of allylic oxidation sites excluding steroid dienone is 5. The Morgan fingerprint density at radius 2 is 1.97 bits per heavy atom. The summed E-state index contributed by atoms with van der Waals surface area (Å²) in [6.45, 7) is 8.33. The van der Waals surface area contributed by atoms with Crippen molar-refractivity contribution in [3.63, 3.8) is 0 Å². The number of nitrogens with one attached hydrogen (secondary N) is 1. The Bertz CT molecular complexity index is 1120. The molecule has 1 heterocycles. The summed E-state index contributed by atoms with van der Waals surface area (Å²) in [5.74, 6) is 0. The molecule has 0 aromatic heterocycles. The van der Waals surface area contributed by atoms with Gasteiger partial charge in [0.25, 0.3) is 0 Å². The first kappa shape index (κ1) is 23.2. The summed E-state index contributed by atoms with van der Waals surface area (Å²) in [5, 5.41) is 4.04. The van der Waals surface area contributed by atoms with Gasteiger partial charge in [-0.2, -0.15) is 0 Å². The first-order valence-electron chi connectivity index (χ1n) is 10.5. The minimum atomic E-state index is 0.497. The summed E-state index contributed by atoms with van der Waals surface area (Å²) in [7, 11) is 0. The van der Waals surface area contributed by atoms with E-state index in [4.69, 9.17) is 16.5 Å². The second-order valence-electron chi connectivity index (χ2n) is 7.11. The number of benzene rings is 2. The van der Waals surface area contributed by atoms with Crippen molar-refractivity contribution in [1.82, 2.24) is 5.32 Å². The van der Waals surface area contributed by atoms with Gasteiger partial charge in [0.15, 0.2) is 0 Å². The van der Waals surface area contributed by atoms with Gasteiger partial charge < -0.3 is 16.8 Å². The number of aliphatic imine (C=N–C) groups is 2. The zero-order chi connectivity index (χ0) is 22.9. The largest absolute Gasteiger partial charge is 0.395 e. The molecule has 0 unspecified atom stereocenters. The van der Waals surface area contributed by atoms with Crippen LogP contribution in [0.15, 0.2) is 104 Å². The van der Waals surface area contributed by atoms with Crippen LogP contribution in [0, 0.1) is 0 Å². The summed E-state index contributed by atoms with van der Waals surface area (Å²) in [4.78, 5) is 10.0. The Morgan fingerprint density at radius 3 is 2.66 bits per heavy atom. The predicted octanol–water partition coefficient (Wildman–Crippen LogP) is 5.50. The van der Waals surface area contributed by atoms with Crippen molar-refractivity contribution in [3.05, 3.63) is 100 Å². The van der Waals surface area contributed by atoms with Gasteiger partial charge in [0.2, 0.25) is 0 Å². The molecule has 0 bridgehead atoms. The zero-order valence-corrected chi connectivity index (χ0v) is 19.3. The molecule has 32 heavy (non-hydrogen) atoms. The van der Waals surface area contributed by atoms with E-state index >= 15 is 0 Å². The summed E-state index contributed by atoms with van der Waals surface area (Å²) in [6.07, 6.45) is 8.92. The molecule has 0 spiro atoms. The van der Waals surface area contributed by atoms with Crippen molar-refractivity contribution in [1.29, 1.82) is 0 Å². The molecule has 0 saturated heterocycles. The first-order chi connectivity index (χ1) is 15.6. The van der Waals surface area contributed by atoms with Crippen molar-refractivity contribution < 1.29 is 0 Å². The highest BCUT2D eigenvalue weighted by atomic mass is 32.2. The average molecular weight is 444 g/mol. The van der Waals surface area contributed by atoms with Crippen LogP contribution in [0.5, 0.6) is 0 Å². The summed E-state index contributed by atoms with van der Waals surface area (Å²) in [6, 6.07) is 16.1. The fourth-order valence-corrected chi connectivity index (χ4v) is 3.99. The number of nitrogens with two attached hydrogens (primary N) is 2. The van der Waals surface area contributed by atoms with E-state index in [0.29, 0.717) is 23.0 Å². The molecule has 5 nitrogen and oxygen atoms in total. The van der Waals surface area contributed by atoms with Crippen molar-refractivity contribution in [2.75, 3.05) is 6.54 Å². The van der Waals surface area contributed by atoms with Crippen LogP contribution in [0.4, 0.5) is 5.69 Å². The average Bonchev–Trinajstić information content (AvgIpc) is 2.94. The molecule has 1 aliphatic heterocycles. The Kier molecular flexibility index (Phi) is 8.11. The minimum Gasteiger partial charge on any atom is -0.395 e. The van der Waals surface area contributed by atoms with Crippen LogP contribution in [-0.4, -0.2) is 19.0 Å². The Hall–Kier alpha value is -3.51. The minimum absolute atomic E-state index is 0.497. The van der Waals surface area contributed by atoms with E-state index in [1.54, 1.807) is 0 Å².